The van der Waals surface area contributed by atoms with Gasteiger partial charge in [0, 0.05) is 0 Å². The van der Waals surface area contributed by atoms with Crippen LogP contribution in [0.2, 0.25) is 0 Å². The molecular weight excluding hydrogens is 272 g/mol. The maximum absolute atomic E-state index is 11.9. The third kappa shape index (κ3) is 2.95. The lowest BCUT2D eigenvalue weighted by atomic mass is 9.48. The molecule has 22 heavy (non-hydrogen) atoms. The predicted octanol–water partition coefficient (Wildman–Crippen LogP) is 5.50. The van der Waals surface area contributed by atoms with E-state index in [0.29, 0.717) is 12.0 Å². The van der Waals surface area contributed by atoms with Crippen molar-refractivity contribution in [2.24, 2.45) is 22.7 Å². The monoisotopic (exact) mass is 306 g/mol. The van der Waals surface area contributed by atoms with Crippen molar-refractivity contribution in [3.05, 3.63) is 0 Å². The Bertz CT molecular complexity index is 368. The van der Waals surface area contributed by atoms with Crippen molar-refractivity contribution in [2.45, 2.75) is 90.9 Å². The molecule has 4 saturated carbocycles. The second-order valence-electron chi connectivity index (χ2n) is 8.41. The minimum Gasteiger partial charge on any atom is -0.466 e. The van der Waals surface area contributed by atoms with Gasteiger partial charge in [0.2, 0.25) is 0 Å². The molecule has 0 heterocycles. The molecule has 0 aliphatic heterocycles. The second-order valence-corrected chi connectivity index (χ2v) is 8.41. The molecule has 2 bridgehead atoms. The lowest BCUT2D eigenvalue weighted by Gasteiger charge is -2.57. The van der Waals surface area contributed by atoms with Crippen LogP contribution in [-0.2, 0) is 9.53 Å². The summed E-state index contributed by atoms with van der Waals surface area (Å²) in [6.45, 7) is 4.79. The maximum Gasteiger partial charge on any atom is 0.308 e. The molecule has 0 atom stereocenters. The summed E-state index contributed by atoms with van der Waals surface area (Å²) >= 11 is 0. The molecule has 0 radical (unpaired) electrons. The van der Waals surface area contributed by atoms with E-state index in [1.165, 1.54) is 64.2 Å². The Kier molecular flexibility index (Phi) is 4.85. The van der Waals surface area contributed by atoms with Crippen LogP contribution in [0.25, 0.3) is 0 Å². The number of esters is 1. The fourth-order valence-electron chi connectivity index (χ4n) is 6.01. The predicted molar refractivity (Wildman–Crippen MR) is 89.6 cm³/mol. The van der Waals surface area contributed by atoms with Gasteiger partial charge in [0.1, 0.15) is 0 Å². The van der Waals surface area contributed by atoms with Crippen LogP contribution in [-0.4, -0.2) is 12.6 Å². The molecule has 0 aromatic carbocycles. The van der Waals surface area contributed by atoms with E-state index < -0.39 is 0 Å². The lowest BCUT2D eigenvalue weighted by molar-refractivity contribution is -0.150. The SMILES string of the molecule is CCCC12CCC(C3CCC(C(=O)OCC)CC3)(CC1)CC2. The largest absolute Gasteiger partial charge is 0.466 e. The van der Waals surface area contributed by atoms with Crippen molar-refractivity contribution in [2.75, 3.05) is 6.61 Å². The molecular formula is C20H34O2. The van der Waals surface area contributed by atoms with Gasteiger partial charge in [-0.15, -0.1) is 0 Å². The summed E-state index contributed by atoms with van der Waals surface area (Å²) in [6.07, 6.45) is 16.4. The number of fused-ring (bicyclic) bond motifs is 3. The third-order valence-electron chi connectivity index (χ3n) is 7.45. The molecule has 0 amide bonds. The molecule has 2 heteroatoms. The van der Waals surface area contributed by atoms with Gasteiger partial charge in [0.25, 0.3) is 0 Å². The summed E-state index contributed by atoms with van der Waals surface area (Å²) in [4.78, 5) is 11.9. The van der Waals surface area contributed by atoms with Crippen LogP contribution in [0, 0.1) is 22.7 Å². The van der Waals surface area contributed by atoms with Gasteiger partial charge < -0.3 is 4.74 Å². The smallest absolute Gasteiger partial charge is 0.308 e. The molecule has 126 valence electrons. The van der Waals surface area contributed by atoms with Crippen LogP contribution in [0.1, 0.15) is 90.9 Å². The van der Waals surface area contributed by atoms with Crippen molar-refractivity contribution >= 4 is 5.97 Å². The van der Waals surface area contributed by atoms with E-state index in [1.54, 1.807) is 0 Å². The van der Waals surface area contributed by atoms with Gasteiger partial charge in [0.05, 0.1) is 12.5 Å². The quantitative estimate of drug-likeness (QED) is 0.627. The van der Waals surface area contributed by atoms with Crippen molar-refractivity contribution in [3.8, 4) is 0 Å². The van der Waals surface area contributed by atoms with E-state index in [2.05, 4.69) is 6.92 Å². The summed E-state index contributed by atoms with van der Waals surface area (Å²) in [5.41, 5.74) is 1.37. The summed E-state index contributed by atoms with van der Waals surface area (Å²) in [5.74, 6) is 1.14. The standard InChI is InChI=1S/C20H34O2/c1-3-9-19-10-13-20(14-11-19,15-12-19)17-7-5-16(6-8-17)18(21)22-4-2/h16-17H,3-15H2,1-2H3. The first-order chi connectivity index (χ1) is 10.6. The first-order valence-corrected chi connectivity index (χ1v) is 9.80. The van der Waals surface area contributed by atoms with Gasteiger partial charge in [-0.25, -0.2) is 0 Å². The number of carbonyl (C=O) groups excluding carboxylic acids is 1. The third-order valence-corrected chi connectivity index (χ3v) is 7.45. The molecule has 4 fully saturated rings. The zero-order valence-electron chi connectivity index (χ0n) is 14.7. The summed E-state index contributed by atoms with van der Waals surface area (Å²) in [5, 5.41) is 0. The molecule has 4 aliphatic carbocycles. The van der Waals surface area contributed by atoms with E-state index in [0.717, 1.165) is 24.2 Å². The van der Waals surface area contributed by atoms with Crippen molar-refractivity contribution in [1.82, 2.24) is 0 Å². The Morgan fingerprint density at radius 2 is 1.55 bits per heavy atom. The number of carbonyl (C=O) groups is 1. The van der Waals surface area contributed by atoms with Crippen LogP contribution < -0.4 is 0 Å². The van der Waals surface area contributed by atoms with Crippen LogP contribution in [0.15, 0.2) is 0 Å². The van der Waals surface area contributed by atoms with Gasteiger partial charge in [0.15, 0.2) is 0 Å². The van der Waals surface area contributed by atoms with E-state index in [4.69, 9.17) is 4.74 Å². The number of hydrogen-bond acceptors (Lipinski definition) is 2. The van der Waals surface area contributed by atoms with Gasteiger partial charge in [-0.05, 0) is 94.3 Å². The van der Waals surface area contributed by atoms with Crippen LogP contribution in [0.3, 0.4) is 0 Å². The molecule has 4 rings (SSSR count). The average Bonchev–Trinajstić information content (AvgIpc) is 2.57. The van der Waals surface area contributed by atoms with Crippen LogP contribution in [0.5, 0.6) is 0 Å². The normalized spacial score (nSPS) is 41.4. The highest BCUT2D eigenvalue weighted by Crippen LogP contribution is 2.63. The molecule has 0 saturated heterocycles. The van der Waals surface area contributed by atoms with Crippen LogP contribution >= 0.6 is 0 Å². The molecule has 0 aromatic heterocycles. The lowest BCUT2D eigenvalue weighted by Crippen LogP contribution is -2.46. The molecule has 2 nitrogen and oxygen atoms in total. The number of ether oxygens (including phenoxy) is 1. The molecule has 0 unspecified atom stereocenters. The topological polar surface area (TPSA) is 26.3 Å². The van der Waals surface area contributed by atoms with E-state index in [9.17, 15) is 4.79 Å². The van der Waals surface area contributed by atoms with Gasteiger partial charge in [-0.2, -0.15) is 0 Å². The summed E-state index contributed by atoms with van der Waals surface area (Å²) < 4.78 is 5.22. The zero-order chi connectivity index (χ0) is 15.6. The van der Waals surface area contributed by atoms with E-state index in [1.807, 2.05) is 6.92 Å². The summed E-state index contributed by atoms with van der Waals surface area (Å²) in [7, 11) is 0. The van der Waals surface area contributed by atoms with E-state index >= 15 is 0 Å². The molecule has 0 aromatic rings. The summed E-state index contributed by atoms with van der Waals surface area (Å²) in [6, 6.07) is 0. The molecule has 4 aliphatic rings. The second kappa shape index (κ2) is 6.53. The van der Waals surface area contributed by atoms with Gasteiger partial charge >= 0.3 is 5.97 Å². The van der Waals surface area contributed by atoms with Crippen LogP contribution in [0.4, 0.5) is 0 Å². The number of hydrogen-bond donors (Lipinski definition) is 0. The van der Waals surface area contributed by atoms with Gasteiger partial charge in [-0.1, -0.05) is 13.3 Å². The highest BCUT2D eigenvalue weighted by atomic mass is 16.5. The first kappa shape index (κ1) is 16.3. The average molecular weight is 306 g/mol. The first-order valence-electron chi connectivity index (χ1n) is 9.80. The van der Waals surface area contributed by atoms with Crippen molar-refractivity contribution in [1.29, 1.82) is 0 Å². The Labute approximate surface area is 136 Å². The number of rotatable bonds is 5. The van der Waals surface area contributed by atoms with Gasteiger partial charge in [-0.3, -0.25) is 4.79 Å². The minimum atomic E-state index is 0.0627. The highest BCUT2D eigenvalue weighted by molar-refractivity contribution is 5.72. The van der Waals surface area contributed by atoms with Crippen molar-refractivity contribution in [3.63, 3.8) is 0 Å². The Morgan fingerprint density at radius 1 is 0.955 bits per heavy atom. The molecule has 0 spiro atoms. The highest BCUT2D eigenvalue weighted by Gasteiger charge is 2.51. The fourth-order valence-corrected chi connectivity index (χ4v) is 6.01. The van der Waals surface area contributed by atoms with E-state index in [-0.39, 0.29) is 11.9 Å². The minimum absolute atomic E-state index is 0.0627. The fraction of sp³-hybridized carbons (Fsp3) is 0.950. The Balaban J connectivity index is 1.55. The Hall–Kier alpha value is -0.530. The molecule has 0 N–H and O–H groups in total. The Morgan fingerprint density at radius 3 is 2.05 bits per heavy atom. The van der Waals surface area contributed by atoms with Crippen molar-refractivity contribution < 1.29 is 9.53 Å². The maximum atomic E-state index is 11.9. The zero-order valence-corrected chi connectivity index (χ0v) is 14.7.